The summed E-state index contributed by atoms with van der Waals surface area (Å²) >= 11 is 0. The Labute approximate surface area is 82.8 Å². The third-order valence-corrected chi connectivity index (χ3v) is 1.69. The molecule has 0 fully saturated rings. The molecule has 0 unspecified atom stereocenters. The smallest absolute Gasteiger partial charge is 0.161 e. The SMILES string of the molecule is CCOc1ccc(/C=N/O)cc1OC. The molecule has 1 aromatic carbocycles. The van der Waals surface area contributed by atoms with Crippen molar-refractivity contribution in [1.82, 2.24) is 0 Å². The second-order valence-electron chi connectivity index (χ2n) is 2.59. The van der Waals surface area contributed by atoms with Gasteiger partial charge in [0.25, 0.3) is 0 Å². The summed E-state index contributed by atoms with van der Waals surface area (Å²) in [7, 11) is 1.57. The first-order chi connectivity index (χ1) is 6.81. The summed E-state index contributed by atoms with van der Waals surface area (Å²) in [4.78, 5) is 0. The van der Waals surface area contributed by atoms with Gasteiger partial charge in [-0.25, -0.2) is 0 Å². The van der Waals surface area contributed by atoms with E-state index in [1.807, 2.05) is 6.92 Å². The molecule has 4 nitrogen and oxygen atoms in total. The standard InChI is InChI=1S/C10H13NO3/c1-3-14-9-5-4-8(7-11-12)6-10(9)13-2/h4-7,12H,3H2,1-2H3/b11-7+. The predicted octanol–water partition coefficient (Wildman–Crippen LogP) is 1.90. The van der Waals surface area contributed by atoms with Crippen molar-refractivity contribution >= 4 is 6.21 Å². The first-order valence-corrected chi connectivity index (χ1v) is 4.30. The molecular formula is C10H13NO3. The number of methoxy groups -OCH3 is 1. The Kier molecular flexibility index (Phi) is 3.79. The van der Waals surface area contributed by atoms with Crippen molar-refractivity contribution in [1.29, 1.82) is 0 Å². The van der Waals surface area contributed by atoms with Crippen LogP contribution in [0, 0.1) is 0 Å². The van der Waals surface area contributed by atoms with Gasteiger partial charge in [-0.15, -0.1) is 0 Å². The van der Waals surface area contributed by atoms with Gasteiger partial charge in [0.2, 0.25) is 0 Å². The molecule has 1 N–H and O–H groups in total. The number of ether oxygens (including phenoxy) is 2. The molecule has 0 bridgehead atoms. The second-order valence-corrected chi connectivity index (χ2v) is 2.59. The van der Waals surface area contributed by atoms with Crippen molar-refractivity contribution < 1.29 is 14.7 Å². The van der Waals surface area contributed by atoms with Crippen molar-refractivity contribution in [3.8, 4) is 11.5 Å². The van der Waals surface area contributed by atoms with E-state index >= 15 is 0 Å². The lowest BCUT2D eigenvalue weighted by atomic mass is 10.2. The molecule has 0 aromatic heterocycles. The Balaban J connectivity index is 2.98. The number of hydrogen-bond donors (Lipinski definition) is 1. The monoisotopic (exact) mass is 195 g/mol. The van der Waals surface area contributed by atoms with Crippen molar-refractivity contribution in [2.45, 2.75) is 6.92 Å². The van der Waals surface area contributed by atoms with Crippen LogP contribution in [0.3, 0.4) is 0 Å². The number of benzene rings is 1. The van der Waals surface area contributed by atoms with Crippen LogP contribution < -0.4 is 9.47 Å². The Hall–Kier alpha value is -1.71. The zero-order chi connectivity index (χ0) is 10.4. The summed E-state index contributed by atoms with van der Waals surface area (Å²) in [5, 5.41) is 11.3. The van der Waals surface area contributed by atoms with E-state index in [9.17, 15) is 0 Å². The molecular weight excluding hydrogens is 182 g/mol. The number of oxime groups is 1. The van der Waals surface area contributed by atoms with Gasteiger partial charge >= 0.3 is 0 Å². The average molecular weight is 195 g/mol. The van der Waals surface area contributed by atoms with Crippen LogP contribution in [0.5, 0.6) is 11.5 Å². The van der Waals surface area contributed by atoms with E-state index in [0.29, 0.717) is 18.1 Å². The van der Waals surface area contributed by atoms with Crippen molar-refractivity contribution in [3.63, 3.8) is 0 Å². The molecule has 0 aliphatic rings. The molecule has 0 saturated carbocycles. The minimum atomic E-state index is 0.587. The highest BCUT2D eigenvalue weighted by Gasteiger charge is 2.03. The number of hydrogen-bond acceptors (Lipinski definition) is 4. The summed E-state index contributed by atoms with van der Waals surface area (Å²) in [6.07, 6.45) is 1.33. The quantitative estimate of drug-likeness (QED) is 0.453. The highest BCUT2D eigenvalue weighted by Crippen LogP contribution is 2.27. The van der Waals surface area contributed by atoms with E-state index in [1.165, 1.54) is 6.21 Å². The molecule has 76 valence electrons. The molecule has 0 radical (unpaired) electrons. The Morgan fingerprint density at radius 2 is 2.21 bits per heavy atom. The zero-order valence-electron chi connectivity index (χ0n) is 8.23. The molecule has 4 heteroatoms. The van der Waals surface area contributed by atoms with Crippen LogP contribution in [-0.4, -0.2) is 25.1 Å². The van der Waals surface area contributed by atoms with Crippen molar-refractivity contribution in [2.75, 3.05) is 13.7 Å². The Bertz CT molecular complexity index is 323. The maximum Gasteiger partial charge on any atom is 0.161 e. The maximum atomic E-state index is 8.35. The van der Waals surface area contributed by atoms with Gasteiger partial charge < -0.3 is 14.7 Å². The third-order valence-electron chi connectivity index (χ3n) is 1.69. The first kappa shape index (κ1) is 10.4. The molecule has 0 amide bonds. The fourth-order valence-corrected chi connectivity index (χ4v) is 1.11. The lowest BCUT2D eigenvalue weighted by Crippen LogP contribution is -1.96. The van der Waals surface area contributed by atoms with Crippen LogP contribution in [0.2, 0.25) is 0 Å². The van der Waals surface area contributed by atoms with E-state index in [0.717, 1.165) is 5.56 Å². The fraction of sp³-hybridized carbons (Fsp3) is 0.300. The van der Waals surface area contributed by atoms with Gasteiger partial charge in [0.1, 0.15) is 0 Å². The third kappa shape index (κ3) is 2.39. The van der Waals surface area contributed by atoms with E-state index in [4.69, 9.17) is 14.7 Å². The van der Waals surface area contributed by atoms with E-state index in [-0.39, 0.29) is 0 Å². The van der Waals surface area contributed by atoms with Gasteiger partial charge in [-0.2, -0.15) is 0 Å². The number of nitrogens with zero attached hydrogens (tertiary/aromatic N) is 1. The molecule has 0 atom stereocenters. The largest absolute Gasteiger partial charge is 0.493 e. The predicted molar refractivity (Wildman–Crippen MR) is 53.5 cm³/mol. The first-order valence-electron chi connectivity index (χ1n) is 4.30. The Morgan fingerprint density at radius 3 is 2.79 bits per heavy atom. The van der Waals surface area contributed by atoms with E-state index < -0.39 is 0 Å². The van der Waals surface area contributed by atoms with Crippen LogP contribution in [0.1, 0.15) is 12.5 Å². The Morgan fingerprint density at radius 1 is 1.43 bits per heavy atom. The lowest BCUT2D eigenvalue weighted by molar-refractivity contribution is 0.310. The number of rotatable bonds is 4. The average Bonchev–Trinajstić information content (AvgIpc) is 2.21. The van der Waals surface area contributed by atoms with Crippen LogP contribution in [0.4, 0.5) is 0 Å². The fourth-order valence-electron chi connectivity index (χ4n) is 1.11. The van der Waals surface area contributed by atoms with Gasteiger partial charge in [-0.3, -0.25) is 0 Å². The molecule has 1 rings (SSSR count). The van der Waals surface area contributed by atoms with Crippen LogP contribution in [0.25, 0.3) is 0 Å². The van der Waals surface area contributed by atoms with Gasteiger partial charge in [0, 0.05) is 5.56 Å². The van der Waals surface area contributed by atoms with Gasteiger partial charge in [-0.1, -0.05) is 5.16 Å². The molecule has 0 heterocycles. The van der Waals surface area contributed by atoms with E-state index in [2.05, 4.69) is 5.16 Å². The lowest BCUT2D eigenvalue weighted by Gasteiger charge is -2.08. The van der Waals surface area contributed by atoms with Crippen molar-refractivity contribution in [3.05, 3.63) is 23.8 Å². The van der Waals surface area contributed by atoms with Gasteiger partial charge in [-0.05, 0) is 25.1 Å². The summed E-state index contributed by atoms with van der Waals surface area (Å²) < 4.78 is 10.4. The summed E-state index contributed by atoms with van der Waals surface area (Å²) in [6.45, 7) is 2.49. The molecule has 14 heavy (non-hydrogen) atoms. The molecule has 0 saturated heterocycles. The summed E-state index contributed by atoms with van der Waals surface area (Å²) in [5.41, 5.74) is 0.757. The van der Waals surface area contributed by atoms with Gasteiger partial charge in [0.15, 0.2) is 11.5 Å². The van der Waals surface area contributed by atoms with Gasteiger partial charge in [0.05, 0.1) is 19.9 Å². The van der Waals surface area contributed by atoms with Crippen LogP contribution in [-0.2, 0) is 0 Å². The minimum Gasteiger partial charge on any atom is -0.493 e. The molecule has 0 spiro atoms. The highest BCUT2D eigenvalue weighted by atomic mass is 16.5. The van der Waals surface area contributed by atoms with Crippen molar-refractivity contribution in [2.24, 2.45) is 5.16 Å². The van der Waals surface area contributed by atoms with E-state index in [1.54, 1.807) is 25.3 Å². The highest BCUT2D eigenvalue weighted by molar-refractivity contribution is 5.80. The maximum absolute atomic E-state index is 8.35. The summed E-state index contributed by atoms with van der Waals surface area (Å²) in [6, 6.07) is 5.30. The molecule has 0 aliphatic heterocycles. The minimum absolute atomic E-state index is 0.587. The normalized spacial score (nSPS) is 10.4. The molecule has 0 aliphatic carbocycles. The zero-order valence-corrected chi connectivity index (χ0v) is 8.23. The molecule has 1 aromatic rings. The van der Waals surface area contributed by atoms with Crippen LogP contribution >= 0.6 is 0 Å². The summed E-state index contributed by atoms with van der Waals surface area (Å²) in [5.74, 6) is 1.31. The van der Waals surface area contributed by atoms with Crippen LogP contribution in [0.15, 0.2) is 23.4 Å². The second kappa shape index (κ2) is 5.11. The topological polar surface area (TPSA) is 51.0 Å².